The van der Waals surface area contributed by atoms with E-state index in [4.69, 9.17) is 0 Å². The molecule has 2 aromatic heterocycles. The highest BCUT2D eigenvalue weighted by Crippen LogP contribution is 2.27. The van der Waals surface area contributed by atoms with Crippen LogP contribution in [0.2, 0.25) is 0 Å². The maximum atomic E-state index is 13.3. The molecule has 2 heterocycles. The van der Waals surface area contributed by atoms with Gasteiger partial charge in [-0.2, -0.15) is 0 Å². The van der Waals surface area contributed by atoms with Gasteiger partial charge in [0.1, 0.15) is 11.3 Å². The fraction of sp³-hybridized carbons (Fsp3) is 0.522. The van der Waals surface area contributed by atoms with Crippen LogP contribution in [0.3, 0.4) is 0 Å². The van der Waals surface area contributed by atoms with Gasteiger partial charge in [0.15, 0.2) is 11.5 Å². The number of nitrogens with zero attached hydrogens (tertiary/aromatic N) is 4. The summed E-state index contributed by atoms with van der Waals surface area (Å²) in [6, 6.07) is 4.55. The summed E-state index contributed by atoms with van der Waals surface area (Å²) in [6.07, 6.45) is 4.43. The van der Waals surface area contributed by atoms with Crippen molar-refractivity contribution in [2.45, 2.75) is 73.3 Å². The highest BCUT2D eigenvalue weighted by Gasteiger charge is 2.22. The van der Waals surface area contributed by atoms with Crippen molar-refractivity contribution in [1.29, 1.82) is 0 Å². The molecule has 0 fully saturated rings. The van der Waals surface area contributed by atoms with Gasteiger partial charge >= 0.3 is 5.69 Å². The Kier molecular flexibility index (Phi) is 6.10. The highest BCUT2D eigenvalue weighted by molar-refractivity contribution is 5.85. The largest absolute Gasteiger partial charge is 0.365 e. The van der Waals surface area contributed by atoms with Crippen LogP contribution in [-0.2, 0) is 7.05 Å². The van der Waals surface area contributed by atoms with E-state index in [0.29, 0.717) is 17.5 Å². The molecule has 156 valence electrons. The molecule has 3 aromatic rings. The zero-order chi connectivity index (χ0) is 21.3. The third kappa shape index (κ3) is 3.93. The van der Waals surface area contributed by atoms with Gasteiger partial charge in [0, 0.05) is 13.1 Å². The van der Waals surface area contributed by atoms with E-state index < -0.39 is 0 Å². The molecule has 6 heteroatoms. The summed E-state index contributed by atoms with van der Waals surface area (Å²) in [5.74, 6) is 1.41. The van der Waals surface area contributed by atoms with Gasteiger partial charge < -0.3 is 5.32 Å². The minimum Gasteiger partial charge on any atom is -0.365 e. The molecule has 1 unspecified atom stereocenters. The Morgan fingerprint density at radius 1 is 1.07 bits per heavy atom. The number of benzene rings is 1. The van der Waals surface area contributed by atoms with Gasteiger partial charge in [-0.15, -0.1) is 0 Å². The van der Waals surface area contributed by atoms with Crippen LogP contribution in [0.15, 0.2) is 16.9 Å². The second kappa shape index (κ2) is 8.39. The molecule has 0 aliphatic carbocycles. The standard InChI is InChI=1S/C23H33N5O/c1-8-10-11-18(9-2)26-21-20-22(25-17(6)24-21)28(23(29)27(20)7)19-15(4)12-14(3)13-16(19)5/h12-13,18H,8-11H2,1-7H3,(H,24,25,26). The number of unbranched alkanes of at least 4 members (excludes halogenated alkanes) is 1. The van der Waals surface area contributed by atoms with Crippen molar-refractivity contribution in [2.24, 2.45) is 7.05 Å². The normalized spacial score (nSPS) is 12.5. The zero-order valence-electron chi connectivity index (χ0n) is 18.8. The van der Waals surface area contributed by atoms with Crippen molar-refractivity contribution in [2.75, 3.05) is 5.32 Å². The van der Waals surface area contributed by atoms with Crippen molar-refractivity contribution < 1.29 is 0 Å². The van der Waals surface area contributed by atoms with Gasteiger partial charge in [0.2, 0.25) is 0 Å². The smallest absolute Gasteiger partial charge is 0.334 e. The van der Waals surface area contributed by atoms with E-state index in [9.17, 15) is 4.79 Å². The number of hydrogen-bond acceptors (Lipinski definition) is 4. The van der Waals surface area contributed by atoms with E-state index in [1.54, 1.807) is 16.2 Å². The maximum Gasteiger partial charge on any atom is 0.334 e. The molecular formula is C23H33N5O. The van der Waals surface area contributed by atoms with Crippen LogP contribution in [0.4, 0.5) is 5.82 Å². The quantitative estimate of drug-likeness (QED) is 0.628. The van der Waals surface area contributed by atoms with E-state index in [-0.39, 0.29) is 5.69 Å². The van der Waals surface area contributed by atoms with Crippen LogP contribution in [-0.4, -0.2) is 25.1 Å². The van der Waals surface area contributed by atoms with E-state index >= 15 is 0 Å². The second-order valence-corrected chi connectivity index (χ2v) is 8.11. The molecule has 1 aromatic carbocycles. The van der Waals surface area contributed by atoms with Crippen LogP contribution < -0.4 is 11.0 Å². The number of fused-ring (bicyclic) bond motifs is 1. The maximum absolute atomic E-state index is 13.3. The summed E-state index contributed by atoms with van der Waals surface area (Å²) in [6.45, 7) is 12.4. The fourth-order valence-corrected chi connectivity index (χ4v) is 4.20. The molecular weight excluding hydrogens is 362 g/mol. The number of imidazole rings is 1. The van der Waals surface area contributed by atoms with Crippen LogP contribution in [0.25, 0.3) is 16.9 Å². The predicted octanol–water partition coefficient (Wildman–Crippen LogP) is 4.73. The fourth-order valence-electron chi connectivity index (χ4n) is 4.20. The Morgan fingerprint density at radius 2 is 1.72 bits per heavy atom. The lowest BCUT2D eigenvalue weighted by Crippen LogP contribution is -2.23. The third-order valence-corrected chi connectivity index (χ3v) is 5.60. The molecule has 0 bridgehead atoms. The van der Waals surface area contributed by atoms with Crippen molar-refractivity contribution in [3.8, 4) is 5.69 Å². The Hall–Kier alpha value is -2.63. The minimum atomic E-state index is -0.0976. The molecule has 3 rings (SSSR count). The lowest BCUT2D eigenvalue weighted by Gasteiger charge is -2.18. The summed E-state index contributed by atoms with van der Waals surface area (Å²) in [5.41, 5.74) is 5.55. The molecule has 1 N–H and O–H groups in total. The first kappa shape index (κ1) is 21.1. The van der Waals surface area contributed by atoms with E-state index in [1.165, 1.54) is 12.0 Å². The number of aryl methyl sites for hydroxylation is 5. The summed E-state index contributed by atoms with van der Waals surface area (Å²) in [5, 5.41) is 3.59. The third-order valence-electron chi connectivity index (χ3n) is 5.60. The topological polar surface area (TPSA) is 64.7 Å². The van der Waals surface area contributed by atoms with Gasteiger partial charge in [-0.1, -0.05) is 44.4 Å². The van der Waals surface area contributed by atoms with E-state index in [0.717, 1.165) is 47.4 Å². The molecule has 0 spiro atoms. The lowest BCUT2D eigenvalue weighted by atomic mass is 10.1. The molecule has 0 aliphatic heterocycles. The van der Waals surface area contributed by atoms with Crippen LogP contribution in [0.5, 0.6) is 0 Å². The molecule has 29 heavy (non-hydrogen) atoms. The number of nitrogens with one attached hydrogen (secondary N) is 1. The first-order valence-electron chi connectivity index (χ1n) is 10.6. The summed E-state index contributed by atoms with van der Waals surface area (Å²) >= 11 is 0. The molecule has 0 saturated carbocycles. The van der Waals surface area contributed by atoms with E-state index in [2.05, 4.69) is 48.2 Å². The predicted molar refractivity (Wildman–Crippen MR) is 120 cm³/mol. The lowest BCUT2D eigenvalue weighted by molar-refractivity contribution is 0.591. The van der Waals surface area contributed by atoms with Gasteiger partial charge in [0.25, 0.3) is 0 Å². The van der Waals surface area contributed by atoms with Crippen molar-refractivity contribution in [1.82, 2.24) is 19.1 Å². The highest BCUT2D eigenvalue weighted by atomic mass is 16.1. The second-order valence-electron chi connectivity index (χ2n) is 8.11. The average Bonchev–Trinajstić information content (AvgIpc) is 2.89. The first-order valence-corrected chi connectivity index (χ1v) is 10.6. The van der Waals surface area contributed by atoms with E-state index in [1.807, 2.05) is 20.8 Å². The zero-order valence-corrected chi connectivity index (χ0v) is 18.8. The minimum absolute atomic E-state index is 0.0976. The van der Waals surface area contributed by atoms with Crippen molar-refractivity contribution in [3.63, 3.8) is 0 Å². The van der Waals surface area contributed by atoms with Crippen LogP contribution in [0.1, 0.15) is 62.0 Å². The average molecular weight is 396 g/mol. The summed E-state index contributed by atoms with van der Waals surface area (Å²) in [7, 11) is 1.80. The molecule has 0 aliphatic rings. The molecule has 0 radical (unpaired) electrons. The Balaban J connectivity index is 2.25. The van der Waals surface area contributed by atoms with Crippen molar-refractivity contribution in [3.05, 3.63) is 45.1 Å². The van der Waals surface area contributed by atoms with Gasteiger partial charge in [-0.25, -0.2) is 19.3 Å². The Labute approximate surface area is 173 Å². The summed E-state index contributed by atoms with van der Waals surface area (Å²) < 4.78 is 3.41. The molecule has 0 amide bonds. The number of rotatable bonds is 7. The van der Waals surface area contributed by atoms with Gasteiger partial charge in [0.05, 0.1) is 5.69 Å². The van der Waals surface area contributed by atoms with Gasteiger partial charge in [-0.05, 0) is 51.7 Å². The van der Waals surface area contributed by atoms with Crippen LogP contribution in [0, 0.1) is 27.7 Å². The van der Waals surface area contributed by atoms with Crippen molar-refractivity contribution >= 4 is 17.0 Å². The summed E-state index contributed by atoms with van der Waals surface area (Å²) in [4.78, 5) is 22.7. The van der Waals surface area contributed by atoms with Gasteiger partial charge in [-0.3, -0.25) is 4.57 Å². The molecule has 6 nitrogen and oxygen atoms in total. The number of aromatic nitrogens is 4. The van der Waals surface area contributed by atoms with Crippen LogP contribution >= 0.6 is 0 Å². The molecule has 0 saturated heterocycles. The monoisotopic (exact) mass is 395 g/mol. The Morgan fingerprint density at radius 3 is 2.31 bits per heavy atom. The Bertz CT molecular complexity index is 1070. The number of hydrogen-bond donors (Lipinski definition) is 1. The first-order chi connectivity index (χ1) is 13.8. The SMILES string of the molecule is CCCCC(CC)Nc1nc(C)nc2c1n(C)c(=O)n2-c1c(C)cc(C)cc1C. The molecule has 1 atom stereocenters. The number of anilines is 1.